The van der Waals surface area contributed by atoms with Crippen molar-refractivity contribution in [1.29, 1.82) is 0 Å². The minimum absolute atomic E-state index is 0.259. The summed E-state index contributed by atoms with van der Waals surface area (Å²) in [5.41, 5.74) is 2.97. The molecule has 3 heterocycles. The van der Waals surface area contributed by atoms with Crippen LogP contribution >= 0.6 is 0 Å². The standard InChI is InChI=1S/C20H28N4O/c1-20(2,3)19(25)24-12-6-7-15(14-24)13-16-8-5-10-21-18(16)17-9-11-22-23(17)4/h5,8-11,15H,6-7,12-14H2,1-4H3. The Morgan fingerprint density at radius 3 is 2.76 bits per heavy atom. The molecule has 0 radical (unpaired) electrons. The predicted molar refractivity (Wildman–Crippen MR) is 98.9 cm³/mol. The van der Waals surface area contributed by atoms with Gasteiger partial charge in [0.05, 0.1) is 11.4 Å². The van der Waals surface area contributed by atoms with Crippen LogP contribution in [0.15, 0.2) is 30.6 Å². The van der Waals surface area contributed by atoms with Gasteiger partial charge in [-0.2, -0.15) is 5.10 Å². The van der Waals surface area contributed by atoms with E-state index in [0.29, 0.717) is 5.92 Å². The fourth-order valence-electron chi connectivity index (χ4n) is 3.64. The van der Waals surface area contributed by atoms with E-state index < -0.39 is 0 Å². The summed E-state index contributed by atoms with van der Waals surface area (Å²) in [6.45, 7) is 7.73. The van der Waals surface area contributed by atoms with Gasteiger partial charge in [-0.05, 0) is 42.9 Å². The highest BCUT2D eigenvalue weighted by molar-refractivity contribution is 5.81. The van der Waals surface area contributed by atoms with E-state index in [0.717, 1.165) is 43.7 Å². The Hall–Kier alpha value is -2.17. The lowest BCUT2D eigenvalue weighted by atomic mass is 9.88. The quantitative estimate of drug-likeness (QED) is 0.861. The molecule has 0 N–H and O–H groups in total. The molecular weight excluding hydrogens is 312 g/mol. The first-order valence-electron chi connectivity index (χ1n) is 9.08. The van der Waals surface area contributed by atoms with Crippen molar-refractivity contribution in [3.63, 3.8) is 0 Å². The first-order chi connectivity index (χ1) is 11.9. The highest BCUT2D eigenvalue weighted by atomic mass is 16.2. The van der Waals surface area contributed by atoms with E-state index in [1.54, 1.807) is 6.20 Å². The lowest BCUT2D eigenvalue weighted by Gasteiger charge is -2.36. The number of hydrogen-bond donors (Lipinski definition) is 0. The van der Waals surface area contributed by atoms with Crippen molar-refractivity contribution in [3.05, 3.63) is 36.2 Å². The molecule has 134 valence electrons. The smallest absolute Gasteiger partial charge is 0.227 e. The number of aryl methyl sites for hydroxylation is 1. The number of pyridine rings is 1. The van der Waals surface area contributed by atoms with E-state index in [4.69, 9.17) is 0 Å². The second-order valence-corrected chi connectivity index (χ2v) is 8.06. The monoisotopic (exact) mass is 340 g/mol. The van der Waals surface area contributed by atoms with Gasteiger partial charge in [-0.25, -0.2) is 0 Å². The van der Waals surface area contributed by atoms with Crippen LogP contribution in [-0.2, 0) is 18.3 Å². The molecule has 2 aromatic heterocycles. The van der Waals surface area contributed by atoms with Gasteiger partial charge in [-0.3, -0.25) is 14.5 Å². The fourth-order valence-corrected chi connectivity index (χ4v) is 3.64. The van der Waals surface area contributed by atoms with Gasteiger partial charge in [0.15, 0.2) is 0 Å². The Bertz CT molecular complexity index is 744. The number of hydrogen-bond acceptors (Lipinski definition) is 3. The summed E-state index contributed by atoms with van der Waals surface area (Å²) in [5.74, 6) is 0.742. The van der Waals surface area contributed by atoms with E-state index in [1.807, 2.05) is 55.7 Å². The highest BCUT2D eigenvalue weighted by Crippen LogP contribution is 2.28. The number of amides is 1. The third kappa shape index (κ3) is 3.91. The zero-order valence-corrected chi connectivity index (χ0v) is 15.7. The van der Waals surface area contributed by atoms with Crippen LogP contribution in [0.25, 0.3) is 11.4 Å². The SMILES string of the molecule is Cn1nccc1-c1ncccc1CC1CCCN(C(=O)C(C)(C)C)C1. The minimum Gasteiger partial charge on any atom is -0.342 e. The Labute approximate surface area is 150 Å². The van der Waals surface area contributed by atoms with Gasteiger partial charge >= 0.3 is 0 Å². The molecule has 5 nitrogen and oxygen atoms in total. The second-order valence-electron chi connectivity index (χ2n) is 8.06. The largest absolute Gasteiger partial charge is 0.342 e. The summed E-state index contributed by atoms with van der Waals surface area (Å²) >= 11 is 0. The normalized spacial score (nSPS) is 18.4. The Morgan fingerprint density at radius 1 is 1.28 bits per heavy atom. The first kappa shape index (κ1) is 17.6. The van der Waals surface area contributed by atoms with Crippen LogP contribution in [0.3, 0.4) is 0 Å². The Balaban J connectivity index is 1.77. The molecule has 0 saturated carbocycles. The van der Waals surface area contributed by atoms with Crippen molar-refractivity contribution in [2.45, 2.75) is 40.0 Å². The highest BCUT2D eigenvalue weighted by Gasteiger charge is 2.31. The Morgan fingerprint density at radius 2 is 2.08 bits per heavy atom. The van der Waals surface area contributed by atoms with Gasteiger partial charge in [0.2, 0.25) is 5.91 Å². The molecule has 0 aromatic carbocycles. The van der Waals surface area contributed by atoms with Gasteiger partial charge in [-0.15, -0.1) is 0 Å². The van der Waals surface area contributed by atoms with Crippen LogP contribution in [0, 0.1) is 11.3 Å². The molecule has 2 aromatic rings. The van der Waals surface area contributed by atoms with E-state index in [1.165, 1.54) is 5.56 Å². The molecule has 1 unspecified atom stereocenters. The number of piperidine rings is 1. The van der Waals surface area contributed by atoms with Crippen LogP contribution in [0.5, 0.6) is 0 Å². The van der Waals surface area contributed by atoms with Crippen molar-refractivity contribution in [2.24, 2.45) is 18.4 Å². The van der Waals surface area contributed by atoms with Crippen molar-refractivity contribution < 1.29 is 4.79 Å². The zero-order valence-electron chi connectivity index (χ0n) is 15.7. The molecule has 0 bridgehead atoms. The van der Waals surface area contributed by atoms with Crippen molar-refractivity contribution in [2.75, 3.05) is 13.1 Å². The molecule has 1 saturated heterocycles. The average molecular weight is 340 g/mol. The van der Waals surface area contributed by atoms with Gasteiger partial charge in [-0.1, -0.05) is 26.8 Å². The summed E-state index contributed by atoms with van der Waals surface area (Å²) in [4.78, 5) is 19.3. The van der Waals surface area contributed by atoms with Crippen LogP contribution in [0.1, 0.15) is 39.2 Å². The molecular formula is C20H28N4O. The van der Waals surface area contributed by atoms with Gasteiger partial charge in [0.25, 0.3) is 0 Å². The number of aromatic nitrogens is 3. The van der Waals surface area contributed by atoms with E-state index in [2.05, 4.69) is 16.1 Å². The molecule has 1 fully saturated rings. The Kier molecular flexibility index (Phi) is 4.93. The van der Waals surface area contributed by atoms with E-state index in [9.17, 15) is 4.79 Å². The first-order valence-corrected chi connectivity index (χ1v) is 9.08. The van der Waals surface area contributed by atoms with Crippen LogP contribution in [0.4, 0.5) is 0 Å². The molecule has 5 heteroatoms. The minimum atomic E-state index is -0.309. The number of nitrogens with zero attached hydrogens (tertiary/aromatic N) is 4. The number of likely N-dealkylation sites (tertiary alicyclic amines) is 1. The van der Waals surface area contributed by atoms with Gasteiger partial charge in [0, 0.05) is 37.9 Å². The van der Waals surface area contributed by atoms with Crippen LogP contribution < -0.4 is 0 Å². The summed E-state index contributed by atoms with van der Waals surface area (Å²) in [5, 5.41) is 4.27. The average Bonchev–Trinajstić information content (AvgIpc) is 3.00. The molecule has 1 amide bonds. The molecule has 1 atom stereocenters. The molecule has 25 heavy (non-hydrogen) atoms. The van der Waals surface area contributed by atoms with Crippen molar-refractivity contribution in [1.82, 2.24) is 19.7 Å². The lowest BCUT2D eigenvalue weighted by molar-refractivity contribution is -0.141. The third-order valence-corrected chi connectivity index (χ3v) is 4.91. The maximum Gasteiger partial charge on any atom is 0.227 e. The molecule has 1 aliphatic heterocycles. The summed E-state index contributed by atoms with van der Waals surface area (Å²) in [6, 6.07) is 6.15. The maximum absolute atomic E-state index is 12.6. The van der Waals surface area contributed by atoms with Crippen molar-refractivity contribution >= 4 is 5.91 Å². The van der Waals surface area contributed by atoms with Crippen LogP contribution in [-0.4, -0.2) is 38.7 Å². The predicted octanol–water partition coefficient (Wildman–Crippen LogP) is 3.31. The maximum atomic E-state index is 12.6. The second kappa shape index (κ2) is 6.98. The summed E-state index contributed by atoms with van der Waals surface area (Å²) < 4.78 is 1.86. The summed E-state index contributed by atoms with van der Waals surface area (Å²) in [7, 11) is 1.94. The van der Waals surface area contributed by atoms with E-state index >= 15 is 0 Å². The number of carbonyl (C=O) groups excluding carboxylic acids is 1. The number of rotatable bonds is 3. The van der Waals surface area contributed by atoms with Gasteiger partial charge < -0.3 is 4.90 Å². The van der Waals surface area contributed by atoms with Crippen molar-refractivity contribution in [3.8, 4) is 11.4 Å². The molecule has 0 aliphatic carbocycles. The topological polar surface area (TPSA) is 51.0 Å². The lowest BCUT2D eigenvalue weighted by Crippen LogP contribution is -2.45. The molecule has 1 aliphatic rings. The van der Waals surface area contributed by atoms with E-state index in [-0.39, 0.29) is 11.3 Å². The summed E-state index contributed by atoms with van der Waals surface area (Å²) in [6.07, 6.45) is 6.82. The molecule has 3 rings (SSSR count). The van der Waals surface area contributed by atoms with Gasteiger partial charge in [0.1, 0.15) is 0 Å². The van der Waals surface area contributed by atoms with Crippen LogP contribution in [0.2, 0.25) is 0 Å². The fraction of sp³-hybridized carbons (Fsp3) is 0.550. The number of carbonyl (C=O) groups is 1. The third-order valence-electron chi connectivity index (χ3n) is 4.91. The molecule has 0 spiro atoms. The zero-order chi connectivity index (χ0) is 18.0.